The van der Waals surface area contributed by atoms with E-state index in [2.05, 4.69) is 37.7 Å². The van der Waals surface area contributed by atoms with E-state index in [1.54, 1.807) is 24.5 Å². The van der Waals surface area contributed by atoms with Gasteiger partial charge in [0.2, 0.25) is 5.91 Å². The van der Waals surface area contributed by atoms with Crippen molar-refractivity contribution >= 4 is 80.8 Å². The molecule has 5 heterocycles. The Labute approximate surface area is 367 Å². The Kier molecular flexibility index (Phi) is 16.7. The summed E-state index contributed by atoms with van der Waals surface area (Å²) in [4.78, 5) is 77.6. The summed E-state index contributed by atoms with van der Waals surface area (Å²) in [6.07, 6.45) is 1.76. The minimum atomic E-state index is -1.70. The normalized spacial score (nSPS) is 16.5. The fourth-order valence-electron chi connectivity index (χ4n) is 5.27. The molecule has 274 valence electrons. The first-order valence-electron chi connectivity index (χ1n) is 14.9. The zero-order chi connectivity index (χ0) is 38.4. The third-order valence-electron chi connectivity index (χ3n) is 7.75. The molecule has 55 heavy (non-hydrogen) atoms. The van der Waals surface area contributed by atoms with Crippen molar-refractivity contribution in [2.75, 3.05) is 11.5 Å². The van der Waals surface area contributed by atoms with Crippen LogP contribution in [0.1, 0.15) is 33.9 Å². The van der Waals surface area contributed by atoms with Gasteiger partial charge < -0.3 is 35.8 Å². The monoisotopic (exact) mass is 827 g/mol. The van der Waals surface area contributed by atoms with E-state index in [0.717, 1.165) is 16.9 Å². The summed E-state index contributed by atoms with van der Waals surface area (Å²) in [5.74, 6) is -4.20. The molecule has 1 amide bonds. The minimum absolute atomic E-state index is 0. The average Bonchev–Trinajstić information content (AvgIpc) is 3.83. The van der Waals surface area contributed by atoms with Crippen molar-refractivity contribution in [2.24, 2.45) is 11.1 Å². The molecule has 0 radical (unpaired) electrons. The standard InChI is InChI=1S/C30H26ClN9O8S2.CO2.2Na/c1-13(29(46)47)48-36-23(18-12-50-30(32)33-18)21(43)9-17-27(45)40-24(26-34-37-38-35-26)15(11-49-28(17)40)10-39-6-4-14(5-7-39)8-20(42)16-2-3-19(41)25(44)22(16)31;2-1-3;;/h2-7,12-13,17,28H,1,8-11H2,(H6,32,33,34,35,36,37,38,41,42,43,44,46,47);;;/q;;2*+1/p-2/t13-,17+,28+;;;/m0.../s1. The molecular formula is C31H24ClN9Na2O10S2. The van der Waals surface area contributed by atoms with Gasteiger partial charge in [-0.2, -0.15) is 14.8 Å². The summed E-state index contributed by atoms with van der Waals surface area (Å²) >= 11 is 8.52. The number of anilines is 1. The van der Waals surface area contributed by atoms with Gasteiger partial charge in [0.1, 0.15) is 5.69 Å². The number of β-lactam (4-membered cyclic amide) rings is 1. The van der Waals surface area contributed by atoms with Crippen LogP contribution in [-0.2, 0) is 41.8 Å². The van der Waals surface area contributed by atoms with E-state index in [9.17, 15) is 34.5 Å². The number of ketones is 2. The van der Waals surface area contributed by atoms with E-state index in [4.69, 9.17) is 31.8 Å². The van der Waals surface area contributed by atoms with Crippen LogP contribution in [0.2, 0.25) is 5.02 Å². The van der Waals surface area contributed by atoms with Gasteiger partial charge in [-0.15, -0.1) is 23.1 Å². The zero-order valence-electron chi connectivity index (χ0n) is 28.8. The van der Waals surface area contributed by atoms with Crippen LogP contribution in [0.25, 0.3) is 5.70 Å². The number of carboxylic acids is 1. The molecule has 1 fully saturated rings. The Morgan fingerprint density at radius 2 is 1.91 bits per heavy atom. The Bertz CT molecular complexity index is 2160. The number of carboxylic acid groups (broad SMARTS) is 1. The van der Waals surface area contributed by atoms with Crippen LogP contribution in [0.4, 0.5) is 5.13 Å². The number of halogens is 1. The number of hydrogen-bond acceptors (Lipinski definition) is 18. The van der Waals surface area contributed by atoms with Gasteiger partial charge in [0, 0.05) is 53.3 Å². The van der Waals surface area contributed by atoms with Gasteiger partial charge in [-0.05, 0) is 17.7 Å². The second-order valence-electron chi connectivity index (χ2n) is 11.1. The molecular weight excluding hydrogens is 804 g/mol. The number of nitrogens with zero attached hydrogens (tertiary/aromatic N) is 8. The predicted molar refractivity (Wildman–Crippen MR) is 179 cm³/mol. The van der Waals surface area contributed by atoms with Crippen molar-refractivity contribution in [3.63, 3.8) is 0 Å². The number of pyridine rings is 1. The second kappa shape index (κ2) is 20.2. The number of rotatable bonds is 13. The number of carbonyl (C=O) groups excluding carboxylic acids is 6. The average molecular weight is 828 g/mol. The minimum Gasteiger partial charge on any atom is -0.549 e. The van der Waals surface area contributed by atoms with Crippen LogP contribution >= 0.6 is 34.7 Å². The van der Waals surface area contributed by atoms with Gasteiger partial charge in [-0.3, -0.25) is 36.5 Å². The molecule has 1 aromatic carbocycles. The van der Waals surface area contributed by atoms with Gasteiger partial charge in [0.15, 0.2) is 52.8 Å². The molecule has 0 aliphatic carbocycles. The number of Topliss-reactive ketones (excluding diaryl/α,β-unsaturated/α-hetero) is 2. The van der Waals surface area contributed by atoms with Crippen molar-refractivity contribution in [1.29, 1.82) is 0 Å². The van der Waals surface area contributed by atoms with Crippen molar-refractivity contribution in [3.05, 3.63) is 82.2 Å². The van der Waals surface area contributed by atoms with Crippen LogP contribution in [0.3, 0.4) is 0 Å². The number of aromatic hydroxyl groups is 2. The van der Waals surface area contributed by atoms with E-state index in [-0.39, 0.29) is 123 Å². The van der Waals surface area contributed by atoms with Gasteiger partial charge in [0.25, 0.3) is 0 Å². The number of fused-ring (bicyclic) bond motifs is 1. The molecule has 24 heteroatoms. The maximum atomic E-state index is 13.6. The first-order valence-corrected chi connectivity index (χ1v) is 17.2. The number of thioether (sulfide) groups is 1. The molecule has 2 aliphatic heterocycles. The van der Waals surface area contributed by atoms with E-state index < -0.39 is 40.6 Å². The van der Waals surface area contributed by atoms with Gasteiger partial charge in [-0.25, -0.2) is 9.55 Å². The molecule has 0 unspecified atom stereocenters. The number of nitrogen functional groups attached to an aromatic ring is 1. The molecule has 2 aliphatic rings. The Morgan fingerprint density at radius 1 is 1.22 bits per heavy atom. The van der Waals surface area contributed by atoms with Crippen molar-refractivity contribution in [2.45, 2.75) is 30.9 Å². The van der Waals surface area contributed by atoms with Crippen LogP contribution in [0.5, 0.6) is 11.5 Å². The van der Waals surface area contributed by atoms with Crippen LogP contribution in [0.15, 0.2) is 52.8 Å². The fourth-order valence-corrected chi connectivity index (χ4v) is 7.48. The number of amides is 1. The number of aromatic nitrogens is 6. The summed E-state index contributed by atoms with van der Waals surface area (Å²) in [5.41, 5.74) is 7.40. The molecule has 0 bridgehead atoms. The fraction of sp³-hybridized carbons (Fsp3) is 0.226. The Balaban J connectivity index is 0.00000157. The van der Waals surface area contributed by atoms with E-state index in [1.807, 2.05) is 4.57 Å². The molecule has 19 nitrogen and oxygen atoms in total. The number of carbonyl (C=O) groups is 4. The molecule has 3 aromatic heterocycles. The number of hydrogen-bond donors (Lipinski definition) is 3. The predicted octanol–water partition coefficient (Wildman–Crippen LogP) is -6.66. The largest absolute Gasteiger partial charge is 1.00 e. The first kappa shape index (κ1) is 45.4. The number of aliphatic carboxylic acids is 1. The van der Waals surface area contributed by atoms with Crippen molar-refractivity contribution < 1.29 is 113 Å². The SMILES string of the molecule is O=C=O.[CH2-][C@H](O/N=C(\C(=O)C[C@@H]1C(=O)N2C(c3nnn[n-]3)=C(C[n+]3ccc(CC(=O)c4ccc(O)c(O)c4Cl)cc3)CS[C@H]12)c1csc(N)n1)C(=O)[O-].[Na+].[Na+]. The molecule has 3 atom stereocenters. The molecule has 6 rings (SSSR count). The molecule has 4 aromatic rings. The summed E-state index contributed by atoms with van der Waals surface area (Å²) < 4.78 is 1.84. The first-order chi connectivity index (χ1) is 25.3. The van der Waals surface area contributed by atoms with Crippen molar-refractivity contribution in [1.82, 2.24) is 30.5 Å². The number of oxime groups is 1. The van der Waals surface area contributed by atoms with Crippen LogP contribution in [0, 0.1) is 12.8 Å². The maximum Gasteiger partial charge on any atom is 1.00 e. The summed E-state index contributed by atoms with van der Waals surface area (Å²) in [6, 6.07) is 6.02. The third kappa shape index (κ3) is 10.4. The van der Waals surface area contributed by atoms with Crippen LogP contribution in [-0.4, -0.2) is 88.2 Å². The number of nitrogens with two attached hydrogens (primary N) is 1. The number of tetrazole rings is 1. The van der Waals surface area contributed by atoms with E-state index in [0.29, 0.717) is 23.6 Å². The number of phenols is 2. The van der Waals surface area contributed by atoms with Crippen LogP contribution < -0.4 is 79.6 Å². The van der Waals surface area contributed by atoms with E-state index in [1.165, 1.54) is 34.2 Å². The molecule has 0 saturated carbocycles. The Hall–Kier alpha value is -4.02. The third-order valence-corrected chi connectivity index (χ3v) is 10.2. The topological polar surface area (TPSA) is 286 Å². The molecule has 4 N–H and O–H groups in total. The van der Waals surface area contributed by atoms with Gasteiger partial charge >= 0.3 is 65.3 Å². The summed E-state index contributed by atoms with van der Waals surface area (Å²) in [7, 11) is 0. The zero-order valence-corrected chi connectivity index (χ0v) is 35.2. The van der Waals surface area contributed by atoms with Gasteiger partial charge in [0.05, 0.1) is 33.8 Å². The second-order valence-corrected chi connectivity index (χ2v) is 13.5. The Morgan fingerprint density at radius 3 is 2.51 bits per heavy atom. The number of benzene rings is 1. The molecule has 0 spiro atoms. The maximum absolute atomic E-state index is 13.6. The van der Waals surface area contributed by atoms with Gasteiger partial charge in [-0.1, -0.05) is 16.8 Å². The smallest absolute Gasteiger partial charge is 0.549 e. The summed E-state index contributed by atoms with van der Waals surface area (Å²) in [5, 5.41) is 50.3. The van der Waals surface area contributed by atoms with E-state index >= 15 is 0 Å². The molecule has 1 saturated heterocycles. The number of thiazole rings is 1. The quantitative estimate of drug-likeness (QED) is 0.0165. The number of phenolic OH excluding ortho intramolecular Hbond substituents is 2. The summed E-state index contributed by atoms with van der Waals surface area (Å²) in [6.45, 7) is 3.57. The van der Waals surface area contributed by atoms with Crippen molar-refractivity contribution in [3.8, 4) is 11.5 Å².